The van der Waals surface area contributed by atoms with Crippen molar-refractivity contribution in [2.75, 3.05) is 51.3 Å². The van der Waals surface area contributed by atoms with Gasteiger partial charge < -0.3 is 20.5 Å². The van der Waals surface area contributed by atoms with E-state index < -0.39 is 0 Å². The van der Waals surface area contributed by atoms with Gasteiger partial charge in [0.1, 0.15) is 11.6 Å². The number of nitrogens with two attached hydrogens (primary N) is 1. The highest BCUT2D eigenvalue weighted by atomic mass is 16.5. The second kappa shape index (κ2) is 10.7. The van der Waals surface area contributed by atoms with E-state index in [1.165, 1.54) is 0 Å². The van der Waals surface area contributed by atoms with Crippen molar-refractivity contribution < 1.29 is 9.84 Å². The number of hydrogen-bond donors (Lipinski definition) is 2. The number of phenols is 1. The van der Waals surface area contributed by atoms with Crippen LogP contribution in [0.25, 0.3) is 22.5 Å². The number of aromatic hydroxyl groups is 1. The third kappa shape index (κ3) is 5.87. The third-order valence-corrected chi connectivity index (χ3v) is 6.02. The quantitative estimate of drug-likeness (QED) is 0.510. The summed E-state index contributed by atoms with van der Waals surface area (Å²) in [7, 11) is 1.96. The maximum absolute atomic E-state index is 10.5. The van der Waals surface area contributed by atoms with E-state index >= 15 is 0 Å². The molecule has 4 rings (SSSR count). The maximum Gasteiger partial charge on any atom is 0.165 e. The van der Waals surface area contributed by atoms with Crippen LogP contribution in [0.1, 0.15) is 13.3 Å². The Bertz CT molecular complexity index is 1050. The van der Waals surface area contributed by atoms with Gasteiger partial charge in [0.25, 0.3) is 0 Å². The molecule has 0 bridgehead atoms. The minimum Gasteiger partial charge on any atom is -0.507 e. The van der Waals surface area contributed by atoms with Crippen molar-refractivity contribution in [2.24, 2.45) is 5.73 Å². The second-order valence-electron chi connectivity index (χ2n) is 8.47. The summed E-state index contributed by atoms with van der Waals surface area (Å²) in [5, 5.41) is 15.1. The fourth-order valence-corrected chi connectivity index (χ4v) is 3.86. The number of anilines is 1. The van der Waals surface area contributed by atoms with Gasteiger partial charge in [-0.3, -0.25) is 9.58 Å². The highest BCUT2D eigenvalue weighted by Crippen LogP contribution is 2.32. The number of benzene rings is 1. The molecule has 1 aliphatic heterocycles. The first-order chi connectivity index (χ1) is 16.0. The van der Waals surface area contributed by atoms with Crippen LogP contribution in [-0.4, -0.2) is 82.2 Å². The molecule has 9 nitrogen and oxygen atoms in total. The minimum atomic E-state index is 0.0740. The van der Waals surface area contributed by atoms with Crippen molar-refractivity contribution in [3.8, 4) is 28.3 Å². The van der Waals surface area contributed by atoms with Crippen LogP contribution < -0.4 is 10.6 Å². The molecule has 0 saturated carbocycles. The molecule has 2 aromatic heterocycles. The predicted octanol–water partition coefficient (Wildman–Crippen LogP) is 2.22. The van der Waals surface area contributed by atoms with Crippen molar-refractivity contribution in [1.29, 1.82) is 0 Å². The number of likely N-dealkylation sites (N-methyl/N-ethyl adjacent to an activating group) is 1. The molecule has 0 radical (unpaired) electrons. The molecule has 0 amide bonds. The van der Waals surface area contributed by atoms with Gasteiger partial charge in [-0.25, -0.2) is 9.97 Å². The van der Waals surface area contributed by atoms with Crippen LogP contribution in [0.3, 0.4) is 0 Å². The number of aromatic nitrogens is 4. The van der Waals surface area contributed by atoms with Gasteiger partial charge in [-0.05, 0) is 30.2 Å². The largest absolute Gasteiger partial charge is 0.507 e. The third-order valence-electron chi connectivity index (χ3n) is 6.02. The van der Waals surface area contributed by atoms with Gasteiger partial charge in [0.2, 0.25) is 0 Å². The predicted molar refractivity (Wildman–Crippen MR) is 129 cm³/mol. The van der Waals surface area contributed by atoms with Crippen molar-refractivity contribution in [3.63, 3.8) is 0 Å². The highest BCUT2D eigenvalue weighted by Gasteiger charge is 2.14. The molecule has 9 heteroatoms. The van der Waals surface area contributed by atoms with E-state index in [1.54, 1.807) is 12.3 Å². The Balaban J connectivity index is 1.50. The van der Waals surface area contributed by atoms with Crippen molar-refractivity contribution in [3.05, 3.63) is 42.9 Å². The zero-order valence-electron chi connectivity index (χ0n) is 19.4. The standard InChI is InChI=1S/C24H33N7O2/c1-3-20(25)17-29(2)23-6-7-26-24(28-23)21-14-18(4-5-22(21)32)19-15-27-31(16-19)9-8-30-10-12-33-13-11-30/h4-7,14-16,20,32H,3,8-13,17,25H2,1-2H3/t20-/m1/s1. The van der Waals surface area contributed by atoms with E-state index in [1.807, 2.05) is 47.2 Å². The summed E-state index contributed by atoms with van der Waals surface area (Å²) >= 11 is 0. The molecule has 0 spiro atoms. The number of nitrogens with zero attached hydrogens (tertiary/aromatic N) is 6. The van der Waals surface area contributed by atoms with Crippen LogP contribution in [-0.2, 0) is 11.3 Å². The Labute approximate surface area is 194 Å². The van der Waals surface area contributed by atoms with E-state index in [0.29, 0.717) is 17.9 Å². The summed E-state index contributed by atoms with van der Waals surface area (Å²) < 4.78 is 7.37. The lowest BCUT2D eigenvalue weighted by Gasteiger charge is -2.26. The molecule has 176 valence electrons. The molecule has 1 fully saturated rings. The average Bonchev–Trinajstić information content (AvgIpc) is 3.33. The van der Waals surface area contributed by atoms with Gasteiger partial charge >= 0.3 is 0 Å². The fourth-order valence-electron chi connectivity index (χ4n) is 3.86. The van der Waals surface area contributed by atoms with Gasteiger partial charge in [0, 0.05) is 57.2 Å². The molecule has 3 heterocycles. The Morgan fingerprint density at radius 2 is 2.00 bits per heavy atom. The number of hydrogen-bond acceptors (Lipinski definition) is 8. The number of morpholine rings is 1. The average molecular weight is 452 g/mol. The van der Waals surface area contributed by atoms with Crippen LogP contribution in [0.5, 0.6) is 5.75 Å². The first kappa shape index (κ1) is 23.2. The molecule has 3 N–H and O–H groups in total. The lowest BCUT2D eigenvalue weighted by atomic mass is 10.0. The van der Waals surface area contributed by atoms with Gasteiger partial charge in [-0.2, -0.15) is 5.10 Å². The molecule has 3 aromatic rings. The first-order valence-electron chi connectivity index (χ1n) is 11.5. The summed E-state index contributed by atoms with van der Waals surface area (Å²) in [6.45, 7) is 8.06. The summed E-state index contributed by atoms with van der Waals surface area (Å²) in [6.07, 6.45) is 6.49. The van der Waals surface area contributed by atoms with Crippen molar-refractivity contribution in [1.82, 2.24) is 24.6 Å². The zero-order chi connectivity index (χ0) is 23.2. The molecule has 0 aliphatic carbocycles. The molecule has 1 atom stereocenters. The molecular formula is C24H33N7O2. The van der Waals surface area contributed by atoms with Crippen LogP contribution in [0.2, 0.25) is 0 Å². The lowest BCUT2D eigenvalue weighted by molar-refractivity contribution is 0.0360. The Morgan fingerprint density at radius 1 is 1.18 bits per heavy atom. The van der Waals surface area contributed by atoms with Gasteiger partial charge in [-0.1, -0.05) is 13.0 Å². The summed E-state index contributed by atoms with van der Waals surface area (Å²) in [5.74, 6) is 1.39. The summed E-state index contributed by atoms with van der Waals surface area (Å²) in [5.41, 5.74) is 8.62. The zero-order valence-corrected chi connectivity index (χ0v) is 19.4. The van der Waals surface area contributed by atoms with Gasteiger partial charge in [0.05, 0.1) is 31.5 Å². The topological polar surface area (TPSA) is 106 Å². The van der Waals surface area contributed by atoms with Gasteiger partial charge in [0.15, 0.2) is 5.82 Å². The van der Waals surface area contributed by atoms with Crippen LogP contribution in [0.15, 0.2) is 42.9 Å². The number of rotatable bonds is 9. The smallest absolute Gasteiger partial charge is 0.165 e. The molecule has 1 aromatic carbocycles. The molecule has 1 saturated heterocycles. The first-order valence-corrected chi connectivity index (χ1v) is 11.5. The van der Waals surface area contributed by atoms with E-state index in [4.69, 9.17) is 10.5 Å². The maximum atomic E-state index is 10.5. The van der Waals surface area contributed by atoms with E-state index in [9.17, 15) is 5.11 Å². The Kier molecular flexibility index (Phi) is 7.54. The van der Waals surface area contributed by atoms with E-state index in [0.717, 1.165) is 62.8 Å². The number of phenolic OH excluding ortho intramolecular Hbond substituents is 1. The summed E-state index contributed by atoms with van der Waals surface area (Å²) in [6, 6.07) is 7.41. The normalized spacial score (nSPS) is 15.5. The van der Waals surface area contributed by atoms with Crippen molar-refractivity contribution >= 4 is 5.82 Å². The molecule has 33 heavy (non-hydrogen) atoms. The Morgan fingerprint density at radius 3 is 2.79 bits per heavy atom. The monoisotopic (exact) mass is 451 g/mol. The van der Waals surface area contributed by atoms with Crippen molar-refractivity contribution in [2.45, 2.75) is 25.9 Å². The van der Waals surface area contributed by atoms with Gasteiger partial charge in [-0.15, -0.1) is 0 Å². The van der Waals surface area contributed by atoms with Crippen LogP contribution >= 0.6 is 0 Å². The molecular weight excluding hydrogens is 418 g/mol. The fraction of sp³-hybridized carbons (Fsp3) is 0.458. The SMILES string of the molecule is CC[C@@H](N)CN(C)c1ccnc(-c2cc(-c3cnn(CCN4CCOCC4)c3)ccc2O)n1. The Hall–Kier alpha value is -3.01. The van der Waals surface area contributed by atoms with E-state index in [-0.39, 0.29) is 11.8 Å². The minimum absolute atomic E-state index is 0.0740. The second-order valence-corrected chi connectivity index (χ2v) is 8.47. The van der Waals surface area contributed by atoms with Crippen LogP contribution in [0.4, 0.5) is 5.82 Å². The molecule has 1 aliphatic rings. The number of ether oxygens (including phenoxy) is 1. The summed E-state index contributed by atoms with van der Waals surface area (Å²) in [4.78, 5) is 13.5. The highest BCUT2D eigenvalue weighted by molar-refractivity contribution is 5.74. The lowest BCUT2D eigenvalue weighted by Crippen LogP contribution is -2.38. The van der Waals surface area contributed by atoms with Crippen LogP contribution in [0, 0.1) is 0 Å². The van der Waals surface area contributed by atoms with E-state index in [2.05, 4.69) is 26.9 Å². The molecule has 0 unspecified atom stereocenters.